The van der Waals surface area contributed by atoms with Crippen LogP contribution in [0.1, 0.15) is 19.5 Å². The minimum absolute atomic E-state index is 0.328. The summed E-state index contributed by atoms with van der Waals surface area (Å²) in [5.74, 6) is -0.0642. The molecule has 0 saturated heterocycles. The summed E-state index contributed by atoms with van der Waals surface area (Å²) >= 11 is 5.88. The maximum absolute atomic E-state index is 10.7. The fraction of sp³-hybridized carbons (Fsp3) is 0.500. The van der Waals surface area contributed by atoms with Crippen LogP contribution < -0.4 is 4.74 Å². The Labute approximate surface area is 81.4 Å². The second-order valence-corrected chi connectivity index (χ2v) is 2.99. The van der Waals surface area contributed by atoms with Crippen LogP contribution in [0, 0.1) is 6.92 Å². The minimum atomic E-state index is -0.392. The van der Waals surface area contributed by atoms with Gasteiger partial charge in [0.1, 0.15) is 5.02 Å². The maximum atomic E-state index is 10.7. The van der Waals surface area contributed by atoms with Gasteiger partial charge in [-0.2, -0.15) is 5.10 Å². The van der Waals surface area contributed by atoms with E-state index < -0.39 is 5.97 Å². The van der Waals surface area contributed by atoms with Crippen molar-refractivity contribution in [1.29, 1.82) is 0 Å². The Morgan fingerprint density at radius 3 is 2.77 bits per heavy atom. The number of rotatable bonds is 2. The number of ether oxygens (including phenoxy) is 1. The van der Waals surface area contributed by atoms with E-state index in [-0.39, 0.29) is 0 Å². The van der Waals surface area contributed by atoms with Crippen LogP contribution in [-0.2, 0) is 11.3 Å². The lowest BCUT2D eigenvalue weighted by molar-refractivity contribution is -0.132. The highest BCUT2D eigenvalue weighted by Crippen LogP contribution is 2.27. The normalized spacial score (nSPS) is 10.2. The van der Waals surface area contributed by atoms with Crippen molar-refractivity contribution in [2.24, 2.45) is 0 Å². The molecular weight excluding hydrogens is 192 g/mol. The van der Waals surface area contributed by atoms with Gasteiger partial charge < -0.3 is 4.74 Å². The van der Waals surface area contributed by atoms with Crippen LogP contribution >= 0.6 is 11.6 Å². The fourth-order valence-corrected chi connectivity index (χ4v) is 1.16. The zero-order chi connectivity index (χ0) is 10.0. The van der Waals surface area contributed by atoms with E-state index in [2.05, 4.69) is 5.10 Å². The fourth-order valence-electron chi connectivity index (χ4n) is 0.986. The van der Waals surface area contributed by atoms with E-state index in [1.54, 1.807) is 11.6 Å². The molecule has 0 aromatic carbocycles. The predicted molar refractivity (Wildman–Crippen MR) is 49.0 cm³/mol. The Hall–Kier alpha value is -1.03. The number of aryl methyl sites for hydroxylation is 2. The van der Waals surface area contributed by atoms with Crippen LogP contribution in [0.2, 0.25) is 5.02 Å². The molecule has 1 aromatic heterocycles. The molecule has 72 valence electrons. The molecule has 0 aliphatic rings. The Morgan fingerprint density at radius 2 is 2.31 bits per heavy atom. The van der Waals surface area contributed by atoms with Gasteiger partial charge in [-0.05, 0) is 13.8 Å². The van der Waals surface area contributed by atoms with E-state index in [0.717, 1.165) is 0 Å². The van der Waals surface area contributed by atoms with Crippen molar-refractivity contribution in [2.45, 2.75) is 27.3 Å². The van der Waals surface area contributed by atoms with Crippen LogP contribution in [0.3, 0.4) is 0 Å². The third-order valence-electron chi connectivity index (χ3n) is 1.55. The number of nitrogens with zero attached hydrogens (tertiary/aromatic N) is 2. The molecule has 0 radical (unpaired) electrons. The zero-order valence-electron chi connectivity index (χ0n) is 7.80. The predicted octanol–water partition coefficient (Wildman–Crippen LogP) is 1.79. The molecule has 0 spiro atoms. The van der Waals surface area contributed by atoms with E-state index in [9.17, 15) is 4.79 Å². The van der Waals surface area contributed by atoms with E-state index in [1.165, 1.54) is 6.92 Å². The molecule has 1 aromatic rings. The molecular formula is C8H11ClN2O2. The number of hydrogen-bond acceptors (Lipinski definition) is 3. The van der Waals surface area contributed by atoms with E-state index in [0.29, 0.717) is 23.1 Å². The minimum Gasteiger partial charge on any atom is -0.406 e. The van der Waals surface area contributed by atoms with Crippen molar-refractivity contribution in [3.05, 3.63) is 10.7 Å². The lowest BCUT2D eigenvalue weighted by atomic mass is 10.5. The van der Waals surface area contributed by atoms with Gasteiger partial charge in [0.2, 0.25) is 5.88 Å². The molecule has 0 fully saturated rings. The summed E-state index contributed by atoms with van der Waals surface area (Å²) in [5.41, 5.74) is 0.666. The van der Waals surface area contributed by atoms with Gasteiger partial charge in [-0.25, -0.2) is 4.68 Å². The Morgan fingerprint density at radius 1 is 1.69 bits per heavy atom. The molecule has 5 heteroatoms. The van der Waals surface area contributed by atoms with Crippen LogP contribution in [0.4, 0.5) is 0 Å². The maximum Gasteiger partial charge on any atom is 0.309 e. The van der Waals surface area contributed by atoms with Gasteiger partial charge in [-0.1, -0.05) is 11.6 Å². The standard InChI is InChI=1S/C8H11ClN2O2/c1-4-11-8(13-6(3)12)7(9)5(2)10-11/h4H2,1-3H3. The van der Waals surface area contributed by atoms with Crippen molar-refractivity contribution in [3.8, 4) is 5.88 Å². The van der Waals surface area contributed by atoms with Gasteiger partial charge in [0.15, 0.2) is 0 Å². The number of carbonyl (C=O) groups is 1. The molecule has 13 heavy (non-hydrogen) atoms. The molecule has 1 rings (SSSR count). The van der Waals surface area contributed by atoms with Gasteiger partial charge in [0, 0.05) is 13.5 Å². The van der Waals surface area contributed by atoms with E-state index in [4.69, 9.17) is 16.3 Å². The number of hydrogen-bond donors (Lipinski definition) is 0. The zero-order valence-corrected chi connectivity index (χ0v) is 8.55. The lowest BCUT2D eigenvalue weighted by Gasteiger charge is -2.02. The first-order valence-electron chi connectivity index (χ1n) is 3.97. The third-order valence-corrected chi connectivity index (χ3v) is 1.99. The summed E-state index contributed by atoms with van der Waals surface area (Å²) in [4.78, 5) is 10.7. The molecule has 4 nitrogen and oxygen atoms in total. The Kier molecular flexibility index (Phi) is 2.93. The van der Waals surface area contributed by atoms with Crippen molar-refractivity contribution >= 4 is 17.6 Å². The molecule has 1 heterocycles. The lowest BCUT2D eigenvalue weighted by Crippen LogP contribution is -2.07. The second-order valence-electron chi connectivity index (χ2n) is 2.61. The second kappa shape index (κ2) is 3.79. The molecule has 0 aliphatic carbocycles. The third kappa shape index (κ3) is 2.01. The van der Waals surface area contributed by atoms with Crippen molar-refractivity contribution < 1.29 is 9.53 Å². The summed E-state index contributed by atoms with van der Waals surface area (Å²) in [7, 11) is 0. The highest BCUT2D eigenvalue weighted by atomic mass is 35.5. The van der Waals surface area contributed by atoms with Crippen LogP contribution in [0.25, 0.3) is 0 Å². The first-order chi connectivity index (χ1) is 6.06. The summed E-state index contributed by atoms with van der Waals surface area (Å²) < 4.78 is 6.47. The highest BCUT2D eigenvalue weighted by Gasteiger charge is 2.15. The summed E-state index contributed by atoms with van der Waals surface area (Å²) in [6, 6.07) is 0. The van der Waals surface area contributed by atoms with E-state index >= 15 is 0 Å². The Bertz CT molecular complexity index is 333. The average Bonchev–Trinajstić information content (AvgIpc) is 2.31. The van der Waals surface area contributed by atoms with Crippen LogP contribution in [-0.4, -0.2) is 15.7 Å². The van der Waals surface area contributed by atoms with Crippen molar-refractivity contribution in [3.63, 3.8) is 0 Å². The molecule has 0 atom stereocenters. The quantitative estimate of drug-likeness (QED) is 0.687. The first-order valence-corrected chi connectivity index (χ1v) is 4.35. The van der Waals surface area contributed by atoms with Crippen molar-refractivity contribution in [1.82, 2.24) is 9.78 Å². The average molecular weight is 203 g/mol. The summed E-state index contributed by atoms with van der Waals surface area (Å²) in [5, 5.41) is 4.49. The number of halogens is 1. The summed E-state index contributed by atoms with van der Waals surface area (Å²) in [6.07, 6.45) is 0. The molecule has 0 bridgehead atoms. The van der Waals surface area contributed by atoms with E-state index in [1.807, 2.05) is 6.92 Å². The van der Waals surface area contributed by atoms with Gasteiger partial charge >= 0.3 is 5.97 Å². The van der Waals surface area contributed by atoms with Crippen molar-refractivity contribution in [2.75, 3.05) is 0 Å². The van der Waals surface area contributed by atoms with Crippen LogP contribution in [0.5, 0.6) is 5.88 Å². The monoisotopic (exact) mass is 202 g/mol. The molecule has 0 unspecified atom stereocenters. The molecule has 0 aliphatic heterocycles. The van der Waals surface area contributed by atoms with Gasteiger partial charge in [-0.3, -0.25) is 4.79 Å². The highest BCUT2D eigenvalue weighted by molar-refractivity contribution is 6.32. The molecule has 0 amide bonds. The number of esters is 1. The van der Waals surface area contributed by atoms with Gasteiger partial charge in [-0.15, -0.1) is 0 Å². The molecule has 0 saturated carbocycles. The molecule has 0 N–H and O–H groups in total. The van der Waals surface area contributed by atoms with Gasteiger partial charge in [0.05, 0.1) is 5.69 Å². The first kappa shape index (κ1) is 10.1. The number of aromatic nitrogens is 2. The van der Waals surface area contributed by atoms with Gasteiger partial charge in [0.25, 0.3) is 0 Å². The topological polar surface area (TPSA) is 44.1 Å². The SMILES string of the molecule is CCn1nc(C)c(Cl)c1OC(C)=O. The summed E-state index contributed by atoms with van der Waals surface area (Å²) in [6.45, 7) is 5.62. The largest absolute Gasteiger partial charge is 0.406 e. The smallest absolute Gasteiger partial charge is 0.309 e. The Balaban J connectivity index is 3.08. The van der Waals surface area contributed by atoms with Crippen LogP contribution in [0.15, 0.2) is 0 Å². The number of carbonyl (C=O) groups excluding carboxylic acids is 1.